The molecule has 2 aliphatic rings. The number of hydrogen-bond acceptors (Lipinski definition) is 6. The van der Waals surface area contributed by atoms with E-state index < -0.39 is 12.8 Å². The van der Waals surface area contributed by atoms with E-state index in [1.54, 1.807) is 22.8 Å². The molecule has 1 amide bonds. The van der Waals surface area contributed by atoms with Crippen LogP contribution in [-0.4, -0.2) is 76.6 Å². The van der Waals surface area contributed by atoms with Crippen molar-refractivity contribution in [2.24, 2.45) is 0 Å². The smallest absolute Gasteiger partial charge is 0.422 e. The number of hydrogen-bond donors (Lipinski definition) is 1. The lowest BCUT2D eigenvalue weighted by molar-refractivity contribution is -0.154. The highest BCUT2D eigenvalue weighted by molar-refractivity contribution is 6.00. The Labute approximate surface area is 212 Å². The second-order valence-electron chi connectivity index (χ2n) is 9.58. The lowest BCUT2D eigenvalue weighted by Gasteiger charge is -2.31. The van der Waals surface area contributed by atoms with E-state index in [-0.39, 0.29) is 23.9 Å². The van der Waals surface area contributed by atoms with Crippen LogP contribution in [0.1, 0.15) is 40.9 Å². The van der Waals surface area contributed by atoms with E-state index in [2.05, 4.69) is 20.3 Å². The monoisotopic (exact) mass is 517 g/mol. The lowest BCUT2D eigenvalue weighted by Crippen LogP contribution is -2.43. The predicted molar refractivity (Wildman–Crippen MR) is 130 cm³/mol. The van der Waals surface area contributed by atoms with E-state index in [4.69, 9.17) is 9.47 Å². The van der Waals surface area contributed by atoms with Crippen LogP contribution < -0.4 is 10.1 Å². The third kappa shape index (κ3) is 6.58. The molecule has 8 nitrogen and oxygen atoms in total. The molecule has 11 heteroatoms. The Morgan fingerprint density at radius 1 is 1.16 bits per heavy atom. The number of fused-ring (bicyclic) bond motifs is 2. The zero-order chi connectivity index (χ0) is 25.8. The van der Waals surface area contributed by atoms with Crippen molar-refractivity contribution in [3.8, 4) is 5.88 Å². The summed E-state index contributed by atoms with van der Waals surface area (Å²) in [5, 5.41) is 7.26. The van der Waals surface area contributed by atoms with Crippen molar-refractivity contribution in [1.29, 1.82) is 0 Å². The number of halogens is 3. The summed E-state index contributed by atoms with van der Waals surface area (Å²) in [6.07, 6.45) is 3.32. The number of nitrogens with zero attached hydrogens (tertiary/aromatic N) is 4. The van der Waals surface area contributed by atoms with Crippen LogP contribution in [0.5, 0.6) is 5.88 Å². The van der Waals surface area contributed by atoms with E-state index >= 15 is 0 Å². The van der Waals surface area contributed by atoms with Crippen LogP contribution in [0.4, 0.5) is 13.2 Å². The van der Waals surface area contributed by atoms with Gasteiger partial charge < -0.3 is 19.7 Å². The van der Waals surface area contributed by atoms with Crippen molar-refractivity contribution in [3.63, 3.8) is 0 Å². The van der Waals surface area contributed by atoms with E-state index in [0.29, 0.717) is 18.6 Å². The quantitative estimate of drug-likeness (QED) is 0.517. The molecule has 37 heavy (non-hydrogen) atoms. The Morgan fingerprint density at radius 2 is 2.03 bits per heavy atom. The molecular weight excluding hydrogens is 487 g/mol. The fraction of sp³-hybridized carbons (Fsp3) is 0.500. The summed E-state index contributed by atoms with van der Waals surface area (Å²) in [7, 11) is 0. The van der Waals surface area contributed by atoms with Crippen molar-refractivity contribution < 1.29 is 27.4 Å². The fourth-order valence-corrected chi connectivity index (χ4v) is 4.95. The second kappa shape index (κ2) is 11.1. The topological polar surface area (TPSA) is 81.0 Å². The first-order chi connectivity index (χ1) is 17.8. The molecule has 1 N–H and O–H groups in total. The van der Waals surface area contributed by atoms with Crippen LogP contribution in [-0.2, 0) is 17.6 Å². The Bertz CT molecular complexity index is 1220. The van der Waals surface area contributed by atoms with Crippen LogP contribution in [0.2, 0.25) is 0 Å². The molecule has 0 saturated carbocycles. The molecule has 0 aromatic carbocycles. The second-order valence-corrected chi connectivity index (χ2v) is 9.58. The summed E-state index contributed by atoms with van der Waals surface area (Å²) in [5.41, 5.74) is 3.23. The van der Waals surface area contributed by atoms with E-state index in [1.165, 1.54) is 6.07 Å². The zero-order valence-electron chi connectivity index (χ0n) is 20.4. The lowest BCUT2D eigenvalue weighted by atomic mass is 10.0. The van der Waals surface area contributed by atoms with Crippen molar-refractivity contribution in [3.05, 3.63) is 59.5 Å². The molecule has 0 spiro atoms. The van der Waals surface area contributed by atoms with Gasteiger partial charge in [-0.25, -0.2) is 9.50 Å². The number of pyridine rings is 2. The van der Waals surface area contributed by atoms with Gasteiger partial charge in [0.05, 0.1) is 36.0 Å². The molecule has 1 saturated heterocycles. The normalized spacial score (nSPS) is 20.8. The molecule has 0 unspecified atom stereocenters. The van der Waals surface area contributed by atoms with Gasteiger partial charge in [0.25, 0.3) is 5.91 Å². The van der Waals surface area contributed by atoms with Gasteiger partial charge in [-0.05, 0) is 49.4 Å². The SMILES string of the molecule is O=C(N[C@H]1CC[C@H](CCN2CCc3ccc(OCC(F)(F)F)nc3CC2)OC1)c1cccn2nccc12. The molecule has 5 heterocycles. The number of carbonyl (C=O) groups is 1. The summed E-state index contributed by atoms with van der Waals surface area (Å²) in [4.78, 5) is 19.5. The Hall–Kier alpha value is -3.18. The number of amides is 1. The van der Waals surface area contributed by atoms with Gasteiger partial charge in [0.15, 0.2) is 6.61 Å². The number of alkyl halides is 3. The van der Waals surface area contributed by atoms with Gasteiger partial charge in [0.1, 0.15) is 0 Å². The third-order valence-electron chi connectivity index (χ3n) is 6.94. The van der Waals surface area contributed by atoms with Crippen LogP contribution >= 0.6 is 0 Å². The summed E-state index contributed by atoms with van der Waals surface area (Å²) < 4.78 is 49.9. The van der Waals surface area contributed by atoms with E-state index in [9.17, 15) is 18.0 Å². The Morgan fingerprint density at radius 3 is 2.84 bits per heavy atom. The number of carbonyl (C=O) groups excluding carboxylic acids is 1. The fourth-order valence-electron chi connectivity index (χ4n) is 4.95. The number of rotatable bonds is 7. The van der Waals surface area contributed by atoms with Crippen molar-refractivity contribution in [1.82, 2.24) is 24.8 Å². The van der Waals surface area contributed by atoms with E-state index in [0.717, 1.165) is 62.1 Å². The highest BCUT2D eigenvalue weighted by Gasteiger charge is 2.29. The first-order valence-corrected chi connectivity index (χ1v) is 12.6. The highest BCUT2D eigenvalue weighted by atomic mass is 19.4. The molecule has 5 rings (SSSR count). The molecule has 0 aliphatic carbocycles. The van der Waals surface area contributed by atoms with Crippen LogP contribution in [0.3, 0.4) is 0 Å². The minimum atomic E-state index is -4.38. The molecule has 198 valence electrons. The molecule has 3 aromatic heterocycles. The van der Waals surface area contributed by atoms with Crippen LogP contribution in [0.15, 0.2) is 42.7 Å². The van der Waals surface area contributed by atoms with Gasteiger partial charge in [0, 0.05) is 44.0 Å². The molecule has 2 atom stereocenters. The maximum atomic E-state index is 12.8. The van der Waals surface area contributed by atoms with Crippen LogP contribution in [0.25, 0.3) is 5.52 Å². The van der Waals surface area contributed by atoms with Gasteiger partial charge in [-0.1, -0.05) is 6.07 Å². The van der Waals surface area contributed by atoms with Gasteiger partial charge in [-0.15, -0.1) is 0 Å². The van der Waals surface area contributed by atoms with Gasteiger partial charge in [0.2, 0.25) is 5.88 Å². The molecule has 0 radical (unpaired) electrons. The first kappa shape index (κ1) is 25.5. The third-order valence-corrected chi connectivity index (χ3v) is 6.94. The molecule has 1 fully saturated rings. The first-order valence-electron chi connectivity index (χ1n) is 12.6. The van der Waals surface area contributed by atoms with Gasteiger partial charge in [-0.3, -0.25) is 4.79 Å². The molecule has 0 bridgehead atoms. The molecule has 3 aromatic rings. The summed E-state index contributed by atoms with van der Waals surface area (Å²) >= 11 is 0. The predicted octanol–water partition coefficient (Wildman–Crippen LogP) is 3.44. The van der Waals surface area contributed by atoms with Gasteiger partial charge in [-0.2, -0.15) is 18.3 Å². The average Bonchev–Trinajstić information content (AvgIpc) is 3.28. The van der Waals surface area contributed by atoms with Gasteiger partial charge >= 0.3 is 6.18 Å². The Balaban J connectivity index is 1.05. The standard InChI is InChI=1S/C26H30F3N5O3/c27-26(28,29)17-37-24-6-3-18-8-13-33(15-10-22(18)32-24)14-9-20-5-4-19(16-36-20)31-25(35)21-2-1-12-34-23(21)7-11-30-34/h1-3,6-7,11-12,19-20H,4-5,8-10,13-17H2,(H,31,35)/t19-,20+/m0/s1. The number of nitrogens with one attached hydrogen (secondary N) is 1. The van der Waals surface area contributed by atoms with Crippen LogP contribution in [0, 0.1) is 0 Å². The summed E-state index contributed by atoms with van der Waals surface area (Å²) in [6, 6.07) is 8.73. The van der Waals surface area contributed by atoms with Crippen molar-refractivity contribution in [2.45, 2.75) is 50.4 Å². The number of aromatic nitrogens is 3. The maximum Gasteiger partial charge on any atom is 0.422 e. The maximum absolute atomic E-state index is 12.8. The summed E-state index contributed by atoms with van der Waals surface area (Å²) in [5.74, 6) is -0.105. The minimum absolute atomic E-state index is 0.0173. The average molecular weight is 518 g/mol. The largest absolute Gasteiger partial charge is 0.468 e. The molecular formula is C26H30F3N5O3. The van der Waals surface area contributed by atoms with Crippen molar-refractivity contribution in [2.75, 3.05) is 32.8 Å². The molecule has 2 aliphatic heterocycles. The van der Waals surface area contributed by atoms with E-state index in [1.807, 2.05) is 18.3 Å². The summed E-state index contributed by atoms with van der Waals surface area (Å²) in [6.45, 7) is 1.67. The highest BCUT2D eigenvalue weighted by Crippen LogP contribution is 2.22. The van der Waals surface area contributed by atoms with Crippen molar-refractivity contribution >= 4 is 11.4 Å². The Kier molecular flexibility index (Phi) is 7.61. The minimum Gasteiger partial charge on any atom is -0.468 e. The zero-order valence-corrected chi connectivity index (χ0v) is 20.4. The number of ether oxygens (including phenoxy) is 2.